The summed E-state index contributed by atoms with van der Waals surface area (Å²) in [5.74, 6) is 0. The third kappa shape index (κ3) is 2.28. The van der Waals surface area contributed by atoms with Crippen LogP contribution >= 0.6 is 11.6 Å². The Kier molecular flexibility index (Phi) is 2.73. The maximum atomic E-state index is 11.6. The Bertz CT molecular complexity index is 198. The molecule has 1 nitrogen and oxygen atoms in total. The highest BCUT2D eigenvalue weighted by atomic mass is 35.5. The normalized spacial score (nSPS) is 14.0. The van der Waals surface area contributed by atoms with Crippen molar-refractivity contribution in [3.05, 3.63) is 10.6 Å². The summed E-state index contributed by atoms with van der Waals surface area (Å²) < 4.78 is 34.8. The summed E-state index contributed by atoms with van der Waals surface area (Å²) in [6.07, 6.45) is -4.49. The molecule has 5 heteroatoms. The largest absolute Gasteiger partial charge is 0.414 e. The molecule has 0 fully saturated rings. The van der Waals surface area contributed by atoms with Gasteiger partial charge in [-0.3, -0.25) is 0 Å². The minimum Gasteiger partial charge on any atom is -0.191 e. The Morgan fingerprint density at radius 2 is 1.90 bits per heavy atom. The van der Waals surface area contributed by atoms with Crippen molar-refractivity contribution in [3.8, 4) is 6.07 Å². The van der Waals surface area contributed by atoms with Crippen LogP contribution in [0.4, 0.5) is 13.2 Å². The molecule has 0 atom stereocenters. The molecule has 0 heterocycles. The molecular weight excluding hydrogens is 167 g/mol. The van der Waals surface area contributed by atoms with E-state index in [4.69, 9.17) is 16.9 Å². The molecule has 0 saturated heterocycles. The molecule has 0 aliphatic heterocycles. The Morgan fingerprint density at radius 3 is 2.00 bits per heavy atom. The number of hydrogen-bond acceptors (Lipinski definition) is 1. The van der Waals surface area contributed by atoms with Crippen molar-refractivity contribution in [1.82, 2.24) is 0 Å². The molecule has 0 aliphatic carbocycles. The van der Waals surface area contributed by atoms with Gasteiger partial charge in [0.05, 0.1) is 5.57 Å². The molecule has 0 N–H and O–H groups in total. The van der Waals surface area contributed by atoms with Gasteiger partial charge in [-0.25, -0.2) is 0 Å². The first-order chi connectivity index (χ1) is 4.39. The summed E-state index contributed by atoms with van der Waals surface area (Å²) in [6.45, 7) is 0.756. The molecule has 0 aromatic rings. The lowest BCUT2D eigenvalue weighted by Gasteiger charge is -2.04. The van der Waals surface area contributed by atoms with Crippen LogP contribution in [-0.2, 0) is 0 Å². The van der Waals surface area contributed by atoms with E-state index in [1.165, 1.54) is 6.07 Å². The highest BCUT2D eigenvalue weighted by molar-refractivity contribution is 6.32. The van der Waals surface area contributed by atoms with E-state index in [-0.39, 0.29) is 0 Å². The lowest BCUT2D eigenvalue weighted by atomic mass is 10.3. The molecule has 10 heavy (non-hydrogen) atoms. The van der Waals surface area contributed by atoms with Gasteiger partial charge in [0.1, 0.15) is 11.1 Å². The fourth-order valence-corrected chi connectivity index (χ4v) is 0.315. The van der Waals surface area contributed by atoms with Gasteiger partial charge in [-0.1, -0.05) is 11.6 Å². The van der Waals surface area contributed by atoms with E-state index in [0.717, 1.165) is 6.92 Å². The summed E-state index contributed by atoms with van der Waals surface area (Å²) in [7, 11) is 0. The van der Waals surface area contributed by atoms with Crippen LogP contribution in [0.1, 0.15) is 6.92 Å². The van der Waals surface area contributed by atoms with Gasteiger partial charge in [0.25, 0.3) is 0 Å². The van der Waals surface area contributed by atoms with Crippen molar-refractivity contribution in [1.29, 1.82) is 5.26 Å². The van der Waals surface area contributed by atoms with Crippen LogP contribution < -0.4 is 0 Å². The van der Waals surface area contributed by atoms with Crippen molar-refractivity contribution in [3.63, 3.8) is 0 Å². The number of alkyl halides is 3. The van der Waals surface area contributed by atoms with E-state index in [9.17, 15) is 13.2 Å². The van der Waals surface area contributed by atoms with E-state index < -0.39 is 16.8 Å². The lowest BCUT2D eigenvalue weighted by molar-refractivity contribution is -0.0915. The van der Waals surface area contributed by atoms with Crippen LogP contribution in [0.3, 0.4) is 0 Å². The first-order valence-electron chi connectivity index (χ1n) is 2.23. The van der Waals surface area contributed by atoms with Gasteiger partial charge in [-0.05, 0) is 6.92 Å². The van der Waals surface area contributed by atoms with Crippen LogP contribution in [0.25, 0.3) is 0 Å². The van der Waals surface area contributed by atoms with E-state index >= 15 is 0 Å². The van der Waals surface area contributed by atoms with Crippen molar-refractivity contribution in [2.24, 2.45) is 0 Å². The average molecular weight is 170 g/mol. The summed E-state index contributed by atoms with van der Waals surface area (Å²) in [4.78, 5) is 0. The molecule has 0 amide bonds. The number of hydrogen-bond donors (Lipinski definition) is 0. The first-order valence-corrected chi connectivity index (χ1v) is 2.61. The minimum absolute atomic E-state index is 0.756. The number of halogens is 4. The first kappa shape index (κ1) is 9.31. The van der Waals surface area contributed by atoms with Crippen molar-refractivity contribution >= 4 is 11.6 Å². The molecule has 0 spiro atoms. The second kappa shape index (κ2) is 2.93. The van der Waals surface area contributed by atoms with Gasteiger partial charge < -0.3 is 0 Å². The lowest BCUT2D eigenvalue weighted by Crippen LogP contribution is -2.09. The smallest absolute Gasteiger partial charge is 0.191 e. The highest BCUT2D eigenvalue weighted by Crippen LogP contribution is 2.28. The molecule has 0 rings (SSSR count). The van der Waals surface area contributed by atoms with E-state index in [0.29, 0.717) is 0 Å². The van der Waals surface area contributed by atoms with Gasteiger partial charge in [0.2, 0.25) is 0 Å². The van der Waals surface area contributed by atoms with Gasteiger partial charge in [-0.15, -0.1) is 0 Å². The summed E-state index contributed by atoms with van der Waals surface area (Å²) in [6, 6.07) is 1.20. The van der Waals surface area contributed by atoms with Crippen LogP contribution in [0.5, 0.6) is 0 Å². The topological polar surface area (TPSA) is 23.8 Å². The second-order valence-corrected chi connectivity index (χ2v) is 1.93. The van der Waals surface area contributed by atoms with E-state index in [1.54, 1.807) is 0 Å². The molecule has 0 aromatic carbocycles. The number of allylic oxidation sites excluding steroid dienone is 2. The summed E-state index contributed by atoms with van der Waals surface area (Å²) in [5, 5.41) is 7.12. The SMILES string of the molecule is CC(=C(Cl)C#N)C(F)(F)F. The highest BCUT2D eigenvalue weighted by Gasteiger charge is 2.32. The fourth-order valence-electron chi connectivity index (χ4n) is 0.208. The monoisotopic (exact) mass is 169 g/mol. The van der Waals surface area contributed by atoms with Gasteiger partial charge in [-0.2, -0.15) is 18.4 Å². The molecule has 0 aliphatic rings. The summed E-state index contributed by atoms with van der Waals surface area (Å²) >= 11 is 4.90. The van der Waals surface area contributed by atoms with Crippen LogP contribution in [0.2, 0.25) is 0 Å². The zero-order valence-electron chi connectivity index (χ0n) is 4.96. The molecule has 0 aromatic heterocycles. The van der Waals surface area contributed by atoms with Gasteiger partial charge in [0, 0.05) is 0 Å². The standard InChI is InChI=1S/C5H3ClF3N/c1-3(4(6)2-10)5(7,8)9/h1H3. The Hall–Kier alpha value is -0.690. The van der Waals surface area contributed by atoms with Crippen molar-refractivity contribution in [2.75, 3.05) is 0 Å². The van der Waals surface area contributed by atoms with Crippen molar-refractivity contribution in [2.45, 2.75) is 13.1 Å². The van der Waals surface area contributed by atoms with Crippen LogP contribution in [0, 0.1) is 11.3 Å². The third-order valence-electron chi connectivity index (χ3n) is 0.853. The van der Waals surface area contributed by atoms with Crippen LogP contribution in [0.15, 0.2) is 10.6 Å². The maximum absolute atomic E-state index is 11.6. The quantitative estimate of drug-likeness (QED) is 0.512. The molecular formula is C5H3ClF3N. The van der Waals surface area contributed by atoms with Gasteiger partial charge in [0.15, 0.2) is 0 Å². The molecule has 0 radical (unpaired) electrons. The van der Waals surface area contributed by atoms with Gasteiger partial charge >= 0.3 is 6.18 Å². The van der Waals surface area contributed by atoms with E-state index in [2.05, 4.69) is 0 Å². The van der Waals surface area contributed by atoms with E-state index in [1.807, 2.05) is 0 Å². The Balaban J connectivity index is 4.69. The number of nitriles is 1. The number of nitrogens with zero attached hydrogens (tertiary/aromatic N) is 1. The average Bonchev–Trinajstić information content (AvgIpc) is 1.83. The Labute approximate surface area is 60.7 Å². The molecule has 0 unspecified atom stereocenters. The van der Waals surface area contributed by atoms with Crippen molar-refractivity contribution < 1.29 is 13.2 Å². The minimum atomic E-state index is -4.49. The zero-order valence-corrected chi connectivity index (χ0v) is 5.72. The molecule has 0 saturated carbocycles. The second-order valence-electron chi connectivity index (χ2n) is 1.55. The summed E-state index contributed by atoms with van der Waals surface area (Å²) in [5.41, 5.74) is -1.06. The fraction of sp³-hybridized carbons (Fsp3) is 0.400. The predicted octanol–water partition coefficient (Wildman–Crippen LogP) is 2.59. The zero-order chi connectivity index (χ0) is 8.36. The van der Waals surface area contributed by atoms with Crippen LogP contribution in [-0.4, -0.2) is 6.18 Å². The third-order valence-corrected chi connectivity index (χ3v) is 1.22. The Morgan fingerprint density at radius 1 is 1.50 bits per heavy atom. The molecule has 56 valence electrons. The number of rotatable bonds is 0. The maximum Gasteiger partial charge on any atom is 0.414 e. The predicted molar refractivity (Wildman–Crippen MR) is 30.2 cm³/mol. The molecule has 0 bridgehead atoms.